The molecule has 7 heteroatoms. The Morgan fingerprint density at radius 3 is 2.55 bits per heavy atom. The Kier molecular flexibility index (Phi) is 7.86. The van der Waals surface area contributed by atoms with Gasteiger partial charge in [0, 0.05) is 24.7 Å². The molecule has 0 radical (unpaired) electrons. The highest BCUT2D eigenvalue weighted by atomic mass is 32.2. The van der Waals surface area contributed by atoms with E-state index in [1.54, 1.807) is 24.3 Å². The van der Waals surface area contributed by atoms with E-state index in [9.17, 15) is 18.3 Å². The SMILES string of the molecule is CC(C)c1ccc(CN(CC(O)COc2cccc(C=O)c2)C2CCS(=O)(=O)C2)cc1. The molecule has 2 atom stereocenters. The third-order valence-electron chi connectivity index (χ3n) is 5.64. The van der Waals surface area contributed by atoms with Crippen molar-refractivity contribution in [2.45, 2.75) is 44.9 Å². The Morgan fingerprint density at radius 1 is 1.19 bits per heavy atom. The van der Waals surface area contributed by atoms with Crippen LogP contribution in [0.3, 0.4) is 0 Å². The van der Waals surface area contributed by atoms with E-state index in [-0.39, 0.29) is 24.2 Å². The molecule has 168 valence electrons. The van der Waals surface area contributed by atoms with Crippen molar-refractivity contribution in [2.75, 3.05) is 24.7 Å². The molecule has 0 aliphatic carbocycles. The first-order chi connectivity index (χ1) is 14.8. The van der Waals surface area contributed by atoms with Gasteiger partial charge in [-0.25, -0.2) is 8.42 Å². The van der Waals surface area contributed by atoms with Crippen molar-refractivity contribution in [2.24, 2.45) is 0 Å². The van der Waals surface area contributed by atoms with E-state index in [4.69, 9.17) is 4.74 Å². The Morgan fingerprint density at radius 2 is 1.94 bits per heavy atom. The smallest absolute Gasteiger partial charge is 0.151 e. The molecular weight excluding hydrogens is 414 g/mol. The predicted octanol–water partition coefficient (Wildman–Crippen LogP) is 3.05. The van der Waals surface area contributed by atoms with Gasteiger partial charge in [-0.15, -0.1) is 0 Å². The van der Waals surface area contributed by atoms with Gasteiger partial charge in [-0.3, -0.25) is 9.69 Å². The molecule has 2 aromatic carbocycles. The molecule has 0 amide bonds. The minimum Gasteiger partial charge on any atom is -0.491 e. The summed E-state index contributed by atoms with van der Waals surface area (Å²) in [7, 11) is -3.04. The standard InChI is InChI=1S/C24H31NO5S/c1-18(2)21-8-6-19(7-9-21)13-25(22-10-11-31(28,29)17-22)14-23(27)16-30-24-5-3-4-20(12-24)15-26/h3-9,12,15,18,22-23,27H,10-11,13-14,16-17H2,1-2H3. The predicted molar refractivity (Wildman–Crippen MR) is 121 cm³/mol. The number of ether oxygens (including phenoxy) is 1. The van der Waals surface area contributed by atoms with Crippen molar-refractivity contribution >= 4 is 16.1 Å². The Hall–Kier alpha value is -2.22. The molecule has 0 spiro atoms. The van der Waals surface area contributed by atoms with Gasteiger partial charge >= 0.3 is 0 Å². The van der Waals surface area contributed by atoms with Crippen LogP contribution in [0.15, 0.2) is 48.5 Å². The first kappa shape index (κ1) is 23.4. The molecule has 0 aromatic heterocycles. The summed E-state index contributed by atoms with van der Waals surface area (Å²) >= 11 is 0. The summed E-state index contributed by atoms with van der Waals surface area (Å²) in [5.74, 6) is 1.27. The fourth-order valence-corrected chi connectivity index (χ4v) is 5.60. The van der Waals surface area contributed by atoms with Gasteiger partial charge in [-0.2, -0.15) is 0 Å². The highest BCUT2D eigenvalue weighted by Crippen LogP contribution is 2.22. The fraction of sp³-hybridized carbons (Fsp3) is 0.458. The molecule has 1 aliphatic heterocycles. The lowest BCUT2D eigenvalue weighted by Crippen LogP contribution is -2.42. The van der Waals surface area contributed by atoms with Crippen LogP contribution in [0, 0.1) is 0 Å². The lowest BCUT2D eigenvalue weighted by atomic mass is 10.0. The highest BCUT2D eigenvalue weighted by Gasteiger charge is 2.33. The third kappa shape index (κ3) is 6.89. The maximum Gasteiger partial charge on any atom is 0.151 e. The Labute approximate surface area is 184 Å². The average molecular weight is 446 g/mol. The number of carbonyl (C=O) groups excluding carboxylic acids is 1. The van der Waals surface area contributed by atoms with Gasteiger partial charge in [0.05, 0.1) is 11.5 Å². The molecule has 6 nitrogen and oxygen atoms in total. The minimum absolute atomic E-state index is 0.0601. The number of hydrogen-bond acceptors (Lipinski definition) is 6. The second kappa shape index (κ2) is 10.4. The van der Waals surface area contributed by atoms with E-state index >= 15 is 0 Å². The maximum atomic E-state index is 12.0. The number of carbonyl (C=O) groups is 1. The van der Waals surface area contributed by atoms with E-state index in [0.29, 0.717) is 36.7 Å². The topological polar surface area (TPSA) is 83.9 Å². The third-order valence-corrected chi connectivity index (χ3v) is 7.39. The monoisotopic (exact) mass is 445 g/mol. The number of aliphatic hydroxyl groups is 1. The largest absolute Gasteiger partial charge is 0.491 e. The summed E-state index contributed by atoms with van der Waals surface area (Å²) in [6.07, 6.45) is 0.524. The Bertz CT molecular complexity index is 972. The van der Waals surface area contributed by atoms with E-state index < -0.39 is 15.9 Å². The molecule has 1 fully saturated rings. The molecule has 0 saturated carbocycles. The van der Waals surface area contributed by atoms with Gasteiger partial charge < -0.3 is 9.84 Å². The van der Waals surface area contributed by atoms with Crippen LogP contribution in [0.25, 0.3) is 0 Å². The van der Waals surface area contributed by atoms with Crippen molar-refractivity contribution in [1.29, 1.82) is 0 Å². The van der Waals surface area contributed by atoms with Gasteiger partial charge in [0.15, 0.2) is 9.84 Å². The van der Waals surface area contributed by atoms with Crippen LogP contribution in [0.4, 0.5) is 0 Å². The van der Waals surface area contributed by atoms with Crippen LogP contribution in [0.5, 0.6) is 5.75 Å². The zero-order valence-corrected chi connectivity index (χ0v) is 18.9. The number of sulfone groups is 1. The normalized spacial score (nSPS) is 18.9. The van der Waals surface area contributed by atoms with E-state index in [1.165, 1.54) is 5.56 Å². The lowest BCUT2D eigenvalue weighted by molar-refractivity contribution is 0.0524. The number of rotatable bonds is 10. The van der Waals surface area contributed by atoms with Gasteiger partial charge in [0.25, 0.3) is 0 Å². The van der Waals surface area contributed by atoms with Crippen LogP contribution in [-0.4, -0.2) is 61.5 Å². The summed E-state index contributed by atoms with van der Waals surface area (Å²) < 4.78 is 29.7. The molecule has 0 bridgehead atoms. The van der Waals surface area contributed by atoms with Crippen LogP contribution >= 0.6 is 0 Å². The van der Waals surface area contributed by atoms with Crippen molar-refractivity contribution in [3.8, 4) is 5.75 Å². The summed E-state index contributed by atoms with van der Waals surface area (Å²) in [6, 6.07) is 15.0. The van der Waals surface area contributed by atoms with Gasteiger partial charge in [0.2, 0.25) is 0 Å². The van der Waals surface area contributed by atoms with Crippen molar-refractivity contribution < 1.29 is 23.1 Å². The average Bonchev–Trinajstić information content (AvgIpc) is 3.12. The van der Waals surface area contributed by atoms with E-state index in [0.717, 1.165) is 11.8 Å². The van der Waals surface area contributed by atoms with Crippen LogP contribution in [-0.2, 0) is 16.4 Å². The molecule has 1 aliphatic rings. The van der Waals surface area contributed by atoms with E-state index in [1.807, 2.05) is 4.90 Å². The first-order valence-corrected chi connectivity index (χ1v) is 12.5. The number of benzene rings is 2. The summed E-state index contributed by atoms with van der Waals surface area (Å²) in [6.45, 7) is 5.22. The second-order valence-corrected chi connectivity index (χ2v) is 10.8. The molecule has 31 heavy (non-hydrogen) atoms. The number of aldehydes is 1. The zero-order chi connectivity index (χ0) is 22.4. The zero-order valence-electron chi connectivity index (χ0n) is 18.1. The summed E-state index contributed by atoms with van der Waals surface area (Å²) in [4.78, 5) is 13.0. The van der Waals surface area contributed by atoms with Gasteiger partial charge in [-0.05, 0) is 35.6 Å². The van der Waals surface area contributed by atoms with Crippen molar-refractivity contribution in [3.63, 3.8) is 0 Å². The van der Waals surface area contributed by atoms with Gasteiger partial charge in [0.1, 0.15) is 24.7 Å². The molecule has 1 N–H and O–H groups in total. The van der Waals surface area contributed by atoms with Crippen LogP contribution in [0.2, 0.25) is 0 Å². The molecule has 1 heterocycles. The molecule has 2 unspecified atom stereocenters. The van der Waals surface area contributed by atoms with Crippen LogP contribution in [0.1, 0.15) is 47.7 Å². The van der Waals surface area contributed by atoms with Gasteiger partial charge in [-0.1, -0.05) is 50.2 Å². The molecule has 3 rings (SSSR count). The maximum absolute atomic E-state index is 12.0. The second-order valence-electron chi connectivity index (χ2n) is 8.54. The minimum atomic E-state index is -3.04. The fourth-order valence-electron chi connectivity index (χ4n) is 3.84. The highest BCUT2D eigenvalue weighted by molar-refractivity contribution is 7.91. The quantitative estimate of drug-likeness (QED) is 0.566. The van der Waals surface area contributed by atoms with E-state index in [2.05, 4.69) is 38.1 Å². The summed E-state index contributed by atoms with van der Waals surface area (Å²) in [5.41, 5.74) is 2.85. The van der Waals surface area contributed by atoms with Crippen LogP contribution < -0.4 is 4.74 Å². The first-order valence-electron chi connectivity index (χ1n) is 10.6. The number of nitrogens with zero attached hydrogens (tertiary/aromatic N) is 1. The lowest BCUT2D eigenvalue weighted by Gasteiger charge is -2.30. The number of aliphatic hydroxyl groups excluding tert-OH is 1. The molecule has 1 saturated heterocycles. The number of hydrogen-bond donors (Lipinski definition) is 1. The Balaban J connectivity index is 1.66. The molecular formula is C24H31NO5S. The van der Waals surface area contributed by atoms with Crippen molar-refractivity contribution in [3.05, 3.63) is 65.2 Å². The molecule has 2 aromatic rings. The summed E-state index contributed by atoms with van der Waals surface area (Å²) in [5, 5.41) is 10.6. The van der Waals surface area contributed by atoms with Crippen molar-refractivity contribution in [1.82, 2.24) is 4.90 Å².